The monoisotopic (exact) mass is 466 g/mol. The van der Waals surface area contributed by atoms with E-state index >= 15 is 0 Å². The van der Waals surface area contributed by atoms with Gasteiger partial charge in [0.2, 0.25) is 5.91 Å². The van der Waals surface area contributed by atoms with Crippen molar-refractivity contribution < 1.29 is 13.6 Å². The van der Waals surface area contributed by atoms with Gasteiger partial charge in [-0.1, -0.05) is 6.07 Å². The molecule has 1 heterocycles. The second-order valence-corrected chi connectivity index (χ2v) is 6.08. The van der Waals surface area contributed by atoms with Crippen LogP contribution in [0.25, 0.3) is 0 Å². The molecule has 140 valence electrons. The minimum absolute atomic E-state index is 0. The van der Waals surface area contributed by atoms with Crippen molar-refractivity contribution in [2.24, 2.45) is 16.6 Å². The Morgan fingerprint density at radius 1 is 1.44 bits per heavy atom. The van der Waals surface area contributed by atoms with E-state index in [1.807, 2.05) is 0 Å². The van der Waals surface area contributed by atoms with E-state index in [4.69, 9.17) is 5.73 Å². The molecule has 0 saturated carbocycles. The number of amides is 1. The summed E-state index contributed by atoms with van der Waals surface area (Å²) in [6, 6.07) is 3.61. The first kappa shape index (κ1) is 21.6. The second-order valence-electron chi connectivity index (χ2n) is 6.08. The Morgan fingerprint density at radius 2 is 2.20 bits per heavy atom. The summed E-state index contributed by atoms with van der Waals surface area (Å²) in [4.78, 5) is 17.4. The van der Waals surface area contributed by atoms with Crippen molar-refractivity contribution >= 4 is 35.8 Å². The molecule has 1 fully saturated rings. The van der Waals surface area contributed by atoms with Crippen molar-refractivity contribution in [3.05, 3.63) is 35.4 Å². The Kier molecular flexibility index (Phi) is 9.09. The van der Waals surface area contributed by atoms with Crippen molar-refractivity contribution in [1.82, 2.24) is 10.2 Å². The van der Waals surface area contributed by atoms with E-state index in [-0.39, 0.29) is 35.8 Å². The quantitative estimate of drug-likeness (QED) is 0.398. The summed E-state index contributed by atoms with van der Waals surface area (Å²) < 4.78 is 26.5. The molecule has 1 saturated heterocycles. The highest BCUT2D eigenvalue weighted by Gasteiger charge is 2.23. The lowest BCUT2D eigenvalue weighted by molar-refractivity contribution is -0.119. The summed E-state index contributed by atoms with van der Waals surface area (Å²) in [5.41, 5.74) is 5.74. The van der Waals surface area contributed by atoms with Crippen LogP contribution in [0.4, 0.5) is 8.78 Å². The number of carbonyl (C=O) groups excluding carboxylic acids is 1. The number of nitrogens with zero attached hydrogens (tertiary/aromatic N) is 2. The van der Waals surface area contributed by atoms with Gasteiger partial charge in [0.1, 0.15) is 11.6 Å². The number of primary amides is 1. The van der Waals surface area contributed by atoms with Crippen molar-refractivity contribution in [2.45, 2.75) is 25.7 Å². The van der Waals surface area contributed by atoms with Gasteiger partial charge in [0.25, 0.3) is 0 Å². The second kappa shape index (κ2) is 10.5. The number of halogens is 3. The predicted octanol–water partition coefficient (Wildman–Crippen LogP) is 2.29. The molecule has 1 atom stereocenters. The molecule has 5 nitrogen and oxygen atoms in total. The van der Waals surface area contributed by atoms with E-state index in [0.717, 1.165) is 38.0 Å². The molecule has 1 aliphatic rings. The summed E-state index contributed by atoms with van der Waals surface area (Å²) in [5, 5.41) is 3.20. The molecular formula is C17H25F2IN4O. The zero-order valence-electron chi connectivity index (χ0n) is 14.3. The molecule has 1 aromatic carbocycles. The fourth-order valence-electron chi connectivity index (χ4n) is 3.07. The molecule has 8 heteroatoms. The minimum atomic E-state index is -0.575. The van der Waals surface area contributed by atoms with Crippen LogP contribution in [-0.4, -0.2) is 43.4 Å². The Labute approximate surface area is 164 Å². The molecule has 1 amide bonds. The predicted molar refractivity (Wildman–Crippen MR) is 105 cm³/mol. The minimum Gasteiger partial charge on any atom is -0.370 e. The number of carbonyl (C=O) groups is 1. The van der Waals surface area contributed by atoms with Gasteiger partial charge in [-0.15, -0.1) is 24.0 Å². The number of aliphatic imine (C=N–C) groups is 1. The Morgan fingerprint density at radius 3 is 2.84 bits per heavy atom. The summed E-state index contributed by atoms with van der Waals surface area (Å²) in [5.74, 6) is -0.423. The van der Waals surface area contributed by atoms with Crippen molar-refractivity contribution in [3.8, 4) is 0 Å². The van der Waals surface area contributed by atoms with Gasteiger partial charge in [-0.2, -0.15) is 0 Å². The number of benzene rings is 1. The fourth-order valence-corrected chi connectivity index (χ4v) is 3.07. The van der Waals surface area contributed by atoms with E-state index < -0.39 is 11.6 Å². The standard InChI is InChI=1S/C17H24F2N4O.HI/c1-21-17(23-8-2-3-12(11-23)9-16(20)24)22-7-6-13-4-5-14(18)10-15(13)19;/h4-5,10,12H,2-3,6-9,11H2,1H3,(H2,20,24)(H,21,22);1H. The number of rotatable bonds is 5. The first-order chi connectivity index (χ1) is 11.5. The smallest absolute Gasteiger partial charge is 0.217 e. The summed E-state index contributed by atoms with van der Waals surface area (Å²) in [6.07, 6.45) is 2.78. The maximum atomic E-state index is 13.6. The van der Waals surface area contributed by atoms with E-state index in [2.05, 4.69) is 15.2 Å². The summed E-state index contributed by atoms with van der Waals surface area (Å²) in [6.45, 7) is 2.08. The van der Waals surface area contributed by atoms with Gasteiger partial charge in [0, 0.05) is 39.2 Å². The summed E-state index contributed by atoms with van der Waals surface area (Å²) >= 11 is 0. The zero-order valence-corrected chi connectivity index (χ0v) is 16.6. The van der Waals surface area contributed by atoms with E-state index in [1.165, 1.54) is 12.1 Å². The molecule has 25 heavy (non-hydrogen) atoms. The largest absolute Gasteiger partial charge is 0.370 e. The number of nitrogens with one attached hydrogen (secondary N) is 1. The van der Waals surface area contributed by atoms with Crippen LogP contribution in [0.5, 0.6) is 0 Å². The molecule has 1 aromatic rings. The lowest BCUT2D eigenvalue weighted by Gasteiger charge is -2.34. The SMILES string of the molecule is CN=C(NCCc1ccc(F)cc1F)N1CCCC(CC(N)=O)C1.I. The molecule has 0 radical (unpaired) electrons. The van der Waals surface area contributed by atoms with Gasteiger partial charge >= 0.3 is 0 Å². The van der Waals surface area contributed by atoms with Gasteiger partial charge in [0.05, 0.1) is 0 Å². The maximum absolute atomic E-state index is 13.6. The number of hydrogen-bond acceptors (Lipinski definition) is 2. The van der Waals surface area contributed by atoms with E-state index in [0.29, 0.717) is 24.9 Å². The van der Waals surface area contributed by atoms with Gasteiger partial charge < -0.3 is 16.0 Å². The van der Waals surface area contributed by atoms with Crippen molar-refractivity contribution in [3.63, 3.8) is 0 Å². The molecule has 1 unspecified atom stereocenters. The highest BCUT2D eigenvalue weighted by molar-refractivity contribution is 14.0. The topological polar surface area (TPSA) is 70.7 Å². The Bertz CT molecular complexity index is 612. The Balaban J connectivity index is 0.00000312. The molecule has 0 spiro atoms. The molecule has 3 N–H and O–H groups in total. The average Bonchev–Trinajstić information content (AvgIpc) is 2.53. The van der Waals surface area contributed by atoms with E-state index in [1.54, 1.807) is 7.05 Å². The van der Waals surface area contributed by atoms with Crippen LogP contribution in [0.1, 0.15) is 24.8 Å². The lowest BCUT2D eigenvalue weighted by atomic mass is 9.95. The molecule has 2 rings (SSSR count). The molecule has 1 aliphatic heterocycles. The van der Waals surface area contributed by atoms with Gasteiger partial charge in [-0.25, -0.2) is 8.78 Å². The average molecular weight is 466 g/mol. The number of nitrogens with two attached hydrogens (primary N) is 1. The van der Waals surface area contributed by atoms with Crippen LogP contribution in [0.15, 0.2) is 23.2 Å². The van der Waals surface area contributed by atoms with Crippen LogP contribution < -0.4 is 11.1 Å². The van der Waals surface area contributed by atoms with E-state index in [9.17, 15) is 13.6 Å². The third-order valence-electron chi connectivity index (χ3n) is 4.21. The van der Waals surface area contributed by atoms with Crippen molar-refractivity contribution in [1.29, 1.82) is 0 Å². The molecule has 0 bridgehead atoms. The van der Waals surface area contributed by atoms with Crippen LogP contribution >= 0.6 is 24.0 Å². The summed E-state index contributed by atoms with van der Waals surface area (Å²) in [7, 11) is 1.69. The lowest BCUT2D eigenvalue weighted by Crippen LogP contribution is -2.47. The van der Waals surface area contributed by atoms with Gasteiger partial charge in [-0.05, 0) is 36.8 Å². The van der Waals surface area contributed by atoms with Crippen LogP contribution in [0.3, 0.4) is 0 Å². The van der Waals surface area contributed by atoms with Gasteiger partial charge in [0.15, 0.2) is 5.96 Å². The zero-order chi connectivity index (χ0) is 17.5. The number of hydrogen-bond donors (Lipinski definition) is 2. The highest BCUT2D eigenvalue weighted by atomic mass is 127. The third-order valence-corrected chi connectivity index (χ3v) is 4.21. The highest BCUT2D eigenvalue weighted by Crippen LogP contribution is 2.19. The fraction of sp³-hybridized carbons (Fsp3) is 0.529. The van der Waals surface area contributed by atoms with Crippen molar-refractivity contribution in [2.75, 3.05) is 26.7 Å². The Hall–Kier alpha value is -1.45. The van der Waals surface area contributed by atoms with Gasteiger partial charge in [-0.3, -0.25) is 9.79 Å². The number of piperidine rings is 1. The normalized spacial score (nSPS) is 17.8. The first-order valence-corrected chi connectivity index (χ1v) is 8.17. The maximum Gasteiger partial charge on any atom is 0.217 e. The first-order valence-electron chi connectivity index (χ1n) is 8.17. The molecule has 0 aliphatic carbocycles. The third kappa shape index (κ3) is 6.75. The molecular weight excluding hydrogens is 441 g/mol. The molecule has 0 aromatic heterocycles. The van der Waals surface area contributed by atoms with Crippen LogP contribution in [0, 0.1) is 17.6 Å². The van der Waals surface area contributed by atoms with Crippen LogP contribution in [0.2, 0.25) is 0 Å². The van der Waals surface area contributed by atoms with Crippen LogP contribution in [-0.2, 0) is 11.2 Å². The number of guanidine groups is 1. The number of likely N-dealkylation sites (tertiary alicyclic amines) is 1.